The van der Waals surface area contributed by atoms with Gasteiger partial charge in [-0.15, -0.1) is 0 Å². The van der Waals surface area contributed by atoms with Crippen LogP contribution in [-0.2, 0) is 11.2 Å². The van der Waals surface area contributed by atoms with E-state index in [1.807, 2.05) is 37.3 Å². The molecular weight excluding hydrogens is 242 g/mol. The first-order chi connectivity index (χ1) is 9.20. The molecule has 0 fully saturated rings. The lowest BCUT2D eigenvalue weighted by Crippen LogP contribution is -2.30. The van der Waals surface area contributed by atoms with Gasteiger partial charge in [0.05, 0.1) is 6.20 Å². The van der Waals surface area contributed by atoms with E-state index in [1.165, 1.54) is 0 Å². The molecule has 1 unspecified atom stereocenters. The minimum atomic E-state index is -0.574. The quantitative estimate of drug-likeness (QED) is 0.866. The number of hydrogen-bond acceptors (Lipinski definition) is 3. The first-order valence-corrected chi connectivity index (χ1v) is 6.25. The number of carbonyl (C=O) groups excluding carboxylic acids is 1. The Hall–Kier alpha value is -2.30. The smallest absolute Gasteiger partial charge is 0.266 e. The van der Waals surface area contributed by atoms with Crippen molar-refractivity contribution in [3.8, 4) is 5.75 Å². The van der Waals surface area contributed by atoms with Crippen molar-refractivity contribution < 1.29 is 9.53 Å². The number of nitrogens with zero attached hydrogens (tertiary/aromatic N) is 1. The molecule has 0 aliphatic heterocycles. The molecule has 0 bridgehead atoms. The van der Waals surface area contributed by atoms with Crippen LogP contribution in [0, 0.1) is 0 Å². The summed E-state index contributed by atoms with van der Waals surface area (Å²) in [4.78, 5) is 12.0. The first kappa shape index (κ1) is 13.1. The molecule has 0 aliphatic rings. The van der Waals surface area contributed by atoms with E-state index >= 15 is 0 Å². The van der Waals surface area contributed by atoms with Crippen LogP contribution in [0.3, 0.4) is 0 Å². The van der Waals surface area contributed by atoms with Gasteiger partial charge in [-0.05, 0) is 25.5 Å². The van der Waals surface area contributed by atoms with Gasteiger partial charge in [0.25, 0.3) is 5.91 Å². The van der Waals surface area contributed by atoms with Crippen LogP contribution in [0.25, 0.3) is 0 Å². The van der Waals surface area contributed by atoms with E-state index in [9.17, 15) is 4.79 Å². The molecule has 1 aromatic carbocycles. The van der Waals surface area contributed by atoms with Gasteiger partial charge in [-0.2, -0.15) is 5.10 Å². The lowest BCUT2D eigenvalue weighted by atomic mass is 10.2. The summed E-state index contributed by atoms with van der Waals surface area (Å²) < 4.78 is 5.55. The summed E-state index contributed by atoms with van der Waals surface area (Å²) >= 11 is 0. The summed E-state index contributed by atoms with van der Waals surface area (Å²) in [5, 5.41) is 9.46. The van der Waals surface area contributed by atoms with Crippen LogP contribution < -0.4 is 10.1 Å². The number of nitrogens with one attached hydrogen (secondary N) is 2. The minimum Gasteiger partial charge on any atom is -0.481 e. The molecule has 2 rings (SSSR count). The van der Waals surface area contributed by atoms with Gasteiger partial charge in [0.15, 0.2) is 6.10 Å². The molecule has 1 aromatic heterocycles. The van der Waals surface area contributed by atoms with Crippen LogP contribution in [0.1, 0.15) is 19.4 Å². The normalized spacial score (nSPS) is 11.9. The van der Waals surface area contributed by atoms with Crippen LogP contribution in [-0.4, -0.2) is 22.2 Å². The summed E-state index contributed by atoms with van der Waals surface area (Å²) in [5.74, 6) is 1.10. The van der Waals surface area contributed by atoms with E-state index in [0.29, 0.717) is 11.6 Å². The average Bonchev–Trinajstić information content (AvgIpc) is 2.87. The molecule has 0 saturated heterocycles. The maximum Gasteiger partial charge on any atom is 0.266 e. The molecule has 0 radical (unpaired) electrons. The molecule has 1 amide bonds. The number of anilines is 1. The molecule has 5 nitrogen and oxygen atoms in total. The largest absolute Gasteiger partial charge is 0.481 e. The highest BCUT2D eigenvalue weighted by atomic mass is 16.5. The number of aryl methyl sites for hydroxylation is 1. The van der Waals surface area contributed by atoms with Gasteiger partial charge in [-0.25, -0.2) is 0 Å². The molecule has 0 spiro atoms. The third-order valence-electron chi connectivity index (χ3n) is 2.77. The van der Waals surface area contributed by atoms with E-state index in [2.05, 4.69) is 15.5 Å². The van der Waals surface area contributed by atoms with E-state index in [0.717, 1.165) is 12.0 Å². The van der Waals surface area contributed by atoms with Crippen LogP contribution in [0.4, 0.5) is 5.82 Å². The van der Waals surface area contributed by atoms with E-state index in [-0.39, 0.29) is 5.91 Å². The van der Waals surface area contributed by atoms with Gasteiger partial charge in [0.2, 0.25) is 0 Å². The standard InChI is InChI=1S/C14H17N3O2/c1-3-11-9-15-17-13(11)16-14(18)10(2)19-12-7-5-4-6-8-12/h4-10H,3H2,1-2H3,(H2,15,16,17,18). The van der Waals surface area contributed by atoms with E-state index in [4.69, 9.17) is 4.74 Å². The topological polar surface area (TPSA) is 67.0 Å². The highest BCUT2D eigenvalue weighted by Crippen LogP contribution is 2.14. The monoisotopic (exact) mass is 259 g/mol. The number of hydrogen-bond donors (Lipinski definition) is 2. The van der Waals surface area contributed by atoms with Crippen LogP contribution in [0.15, 0.2) is 36.5 Å². The predicted molar refractivity (Wildman–Crippen MR) is 73.1 cm³/mol. The lowest BCUT2D eigenvalue weighted by Gasteiger charge is -2.14. The fourth-order valence-corrected chi connectivity index (χ4v) is 1.67. The zero-order chi connectivity index (χ0) is 13.7. The van der Waals surface area contributed by atoms with Gasteiger partial charge in [0, 0.05) is 5.56 Å². The Bertz CT molecular complexity index is 537. The first-order valence-electron chi connectivity index (χ1n) is 6.25. The lowest BCUT2D eigenvalue weighted by molar-refractivity contribution is -0.122. The average molecular weight is 259 g/mol. The van der Waals surface area contributed by atoms with Crippen molar-refractivity contribution in [2.45, 2.75) is 26.4 Å². The zero-order valence-corrected chi connectivity index (χ0v) is 11.0. The number of carbonyl (C=O) groups is 1. The number of amides is 1. The Morgan fingerprint density at radius 3 is 2.84 bits per heavy atom. The molecule has 1 heterocycles. The maximum atomic E-state index is 12.0. The van der Waals surface area contributed by atoms with Crippen molar-refractivity contribution >= 4 is 11.7 Å². The van der Waals surface area contributed by atoms with Gasteiger partial charge >= 0.3 is 0 Å². The Morgan fingerprint density at radius 1 is 1.42 bits per heavy atom. The number of H-pyrrole nitrogens is 1. The molecule has 0 aliphatic carbocycles. The molecule has 0 saturated carbocycles. The second-order valence-corrected chi connectivity index (χ2v) is 4.19. The molecule has 19 heavy (non-hydrogen) atoms. The fourth-order valence-electron chi connectivity index (χ4n) is 1.67. The number of rotatable bonds is 5. The number of aromatic nitrogens is 2. The second-order valence-electron chi connectivity index (χ2n) is 4.19. The number of para-hydroxylation sites is 1. The van der Waals surface area contributed by atoms with E-state index in [1.54, 1.807) is 13.1 Å². The van der Waals surface area contributed by atoms with Crippen molar-refractivity contribution in [2.75, 3.05) is 5.32 Å². The molecule has 2 N–H and O–H groups in total. The highest BCUT2D eigenvalue weighted by molar-refractivity contribution is 5.93. The summed E-state index contributed by atoms with van der Waals surface area (Å²) in [6.07, 6.45) is 1.94. The second kappa shape index (κ2) is 6.04. The summed E-state index contributed by atoms with van der Waals surface area (Å²) in [6, 6.07) is 9.26. The number of ether oxygens (including phenoxy) is 1. The number of benzene rings is 1. The van der Waals surface area contributed by atoms with Gasteiger partial charge in [-0.1, -0.05) is 25.1 Å². The predicted octanol–water partition coefficient (Wildman–Crippen LogP) is 2.38. The third kappa shape index (κ3) is 3.34. The van der Waals surface area contributed by atoms with Crippen LogP contribution >= 0.6 is 0 Å². The summed E-state index contributed by atoms with van der Waals surface area (Å²) in [6.45, 7) is 3.72. The molecule has 2 aromatic rings. The Kier molecular flexibility index (Phi) is 4.18. The van der Waals surface area contributed by atoms with Gasteiger partial charge < -0.3 is 10.1 Å². The highest BCUT2D eigenvalue weighted by Gasteiger charge is 2.16. The van der Waals surface area contributed by atoms with Crippen molar-refractivity contribution in [1.82, 2.24) is 10.2 Å². The molecular formula is C14H17N3O2. The Balaban J connectivity index is 1.96. The van der Waals surface area contributed by atoms with Crippen molar-refractivity contribution in [2.24, 2.45) is 0 Å². The Morgan fingerprint density at radius 2 is 2.16 bits per heavy atom. The van der Waals surface area contributed by atoms with Crippen molar-refractivity contribution in [3.05, 3.63) is 42.1 Å². The van der Waals surface area contributed by atoms with Gasteiger partial charge in [0.1, 0.15) is 11.6 Å². The molecule has 100 valence electrons. The fraction of sp³-hybridized carbons (Fsp3) is 0.286. The molecule has 5 heteroatoms. The zero-order valence-electron chi connectivity index (χ0n) is 11.0. The summed E-state index contributed by atoms with van der Waals surface area (Å²) in [7, 11) is 0. The molecule has 1 atom stereocenters. The van der Waals surface area contributed by atoms with Gasteiger partial charge in [-0.3, -0.25) is 9.89 Å². The third-order valence-corrected chi connectivity index (χ3v) is 2.77. The number of aromatic amines is 1. The maximum absolute atomic E-state index is 12.0. The van der Waals surface area contributed by atoms with E-state index < -0.39 is 6.10 Å². The van der Waals surface area contributed by atoms with Crippen LogP contribution in [0.5, 0.6) is 5.75 Å². The summed E-state index contributed by atoms with van der Waals surface area (Å²) in [5.41, 5.74) is 0.972. The SMILES string of the molecule is CCc1cn[nH]c1NC(=O)C(C)Oc1ccccc1. The minimum absolute atomic E-state index is 0.206. The van der Waals surface area contributed by atoms with Crippen molar-refractivity contribution in [1.29, 1.82) is 0 Å². The Labute approximate surface area is 112 Å². The van der Waals surface area contributed by atoms with Crippen LogP contribution in [0.2, 0.25) is 0 Å². The van der Waals surface area contributed by atoms with Crippen molar-refractivity contribution in [3.63, 3.8) is 0 Å².